The second-order valence-electron chi connectivity index (χ2n) is 5.66. The van der Waals surface area contributed by atoms with Gasteiger partial charge < -0.3 is 19.8 Å². The highest BCUT2D eigenvalue weighted by atomic mass is 16.5. The number of aliphatic imine (C=N–C) groups is 1. The number of rotatable bonds is 8. The molecule has 0 amide bonds. The first-order valence-electron chi connectivity index (χ1n) is 8.34. The number of hydrogen-bond donors (Lipinski definition) is 2. The van der Waals surface area contributed by atoms with E-state index >= 15 is 0 Å². The van der Waals surface area contributed by atoms with Crippen LogP contribution in [0.3, 0.4) is 0 Å². The minimum atomic E-state index is 0.689. The number of ether oxygens (including phenoxy) is 2. The molecule has 1 aromatic heterocycles. The monoisotopic (exact) mass is 350 g/mol. The molecule has 2 N–H and O–H groups in total. The Hall–Kier alpha value is -3.28. The third kappa shape index (κ3) is 4.42. The average Bonchev–Trinajstić information content (AvgIpc) is 3.23. The number of H-pyrrole nitrogens is 1. The van der Waals surface area contributed by atoms with E-state index in [1.165, 1.54) is 0 Å². The van der Waals surface area contributed by atoms with E-state index < -0.39 is 0 Å². The molecule has 6 nitrogen and oxygen atoms in total. The summed E-state index contributed by atoms with van der Waals surface area (Å²) in [6.07, 6.45) is 6.04. The summed E-state index contributed by atoms with van der Waals surface area (Å²) in [7, 11) is 3.27. The van der Waals surface area contributed by atoms with Gasteiger partial charge >= 0.3 is 0 Å². The Morgan fingerprint density at radius 3 is 2.58 bits per heavy atom. The molecular weight excluding hydrogens is 328 g/mol. The highest BCUT2D eigenvalue weighted by Crippen LogP contribution is 2.27. The van der Waals surface area contributed by atoms with Gasteiger partial charge in [0.25, 0.3) is 0 Å². The van der Waals surface area contributed by atoms with Crippen molar-refractivity contribution in [1.29, 1.82) is 0 Å². The van der Waals surface area contributed by atoms with Crippen LogP contribution in [0.2, 0.25) is 0 Å². The van der Waals surface area contributed by atoms with Gasteiger partial charge in [-0.3, -0.25) is 4.99 Å². The fraction of sp³-hybridized carbons (Fsp3) is 0.200. The molecule has 0 aliphatic carbocycles. The first-order chi connectivity index (χ1) is 12.8. The Bertz CT molecular complexity index is 843. The zero-order valence-electron chi connectivity index (χ0n) is 14.9. The molecule has 0 saturated carbocycles. The van der Waals surface area contributed by atoms with E-state index in [1.54, 1.807) is 33.1 Å². The molecule has 0 unspecified atom stereocenters. The van der Waals surface area contributed by atoms with Crippen LogP contribution < -0.4 is 14.8 Å². The van der Waals surface area contributed by atoms with Crippen LogP contribution in [0.5, 0.6) is 11.5 Å². The summed E-state index contributed by atoms with van der Waals surface area (Å²) in [5.41, 5.74) is 4.24. The largest absolute Gasteiger partial charge is 0.493 e. The first-order valence-corrected chi connectivity index (χ1v) is 8.34. The molecule has 26 heavy (non-hydrogen) atoms. The van der Waals surface area contributed by atoms with E-state index in [1.807, 2.05) is 42.5 Å². The molecule has 2 aromatic carbocycles. The summed E-state index contributed by atoms with van der Waals surface area (Å²) >= 11 is 0. The van der Waals surface area contributed by atoms with Gasteiger partial charge in [-0.15, -0.1) is 0 Å². The summed E-state index contributed by atoms with van der Waals surface area (Å²) in [5.74, 6) is 1.48. The number of imidazole rings is 1. The topological polar surface area (TPSA) is 71.5 Å². The van der Waals surface area contributed by atoms with Crippen LogP contribution in [-0.4, -0.2) is 37.1 Å². The highest BCUT2D eigenvalue weighted by Gasteiger charge is 2.04. The van der Waals surface area contributed by atoms with Crippen molar-refractivity contribution in [2.75, 3.05) is 26.1 Å². The summed E-state index contributed by atoms with van der Waals surface area (Å²) in [6, 6.07) is 14.0. The predicted molar refractivity (Wildman–Crippen MR) is 104 cm³/mol. The van der Waals surface area contributed by atoms with Crippen LogP contribution in [0.25, 0.3) is 11.3 Å². The van der Waals surface area contributed by atoms with Gasteiger partial charge in [0.2, 0.25) is 0 Å². The number of aromatic amines is 1. The van der Waals surface area contributed by atoms with Crippen LogP contribution in [0.15, 0.2) is 60.0 Å². The quantitative estimate of drug-likeness (QED) is 0.479. The Labute approximate surface area is 152 Å². The molecule has 6 heteroatoms. The Morgan fingerprint density at radius 1 is 1.08 bits per heavy atom. The molecule has 0 aliphatic heterocycles. The van der Waals surface area contributed by atoms with Gasteiger partial charge in [-0.1, -0.05) is 18.2 Å². The molecule has 0 bridgehead atoms. The fourth-order valence-electron chi connectivity index (χ4n) is 2.57. The molecule has 0 aliphatic rings. The number of hydrogen-bond acceptors (Lipinski definition) is 4. The summed E-state index contributed by atoms with van der Waals surface area (Å²) in [6.45, 7) is 0.689. The van der Waals surface area contributed by atoms with Crippen LogP contribution in [0.4, 0.5) is 5.69 Å². The van der Waals surface area contributed by atoms with Gasteiger partial charge in [0.05, 0.1) is 38.8 Å². The molecule has 3 rings (SSSR count). The Morgan fingerprint density at radius 2 is 1.88 bits per heavy atom. The van der Waals surface area contributed by atoms with Gasteiger partial charge in [0.15, 0.2) is 11.5 Å². The van der Waals surface area contributed by atoms with E-state index in [9.17, 15) is 0 Å². The third-order valence-electron chi connectivity index (χ3n) is 3.99. The molecule has 134 valence electrons. The molecular formula is C20H22N4O2. The van der Waals surface area contributed by atoms with Crippen LogP contribution >= 0.6 is 0 Å². The van der Waals surface area contributed by atoms with Crippen molar-refractivity contribution in [2.24, 2.45) is 4.99 Å². The van der Waals surface area contributed by atoms with Crippen LogP contribution in [0, 0.1) is 0 Å². The SMILES string of the molecule is COc1ccc(CCN=CNc2ccc(-c3cnc[nH]3)cc2)cc1OC. The summed E-state index contributed by atoms with van der Waals surface area (Å²) in [4.78, 5) is 11.5. The van der Waals surface area contributed by atoms with Crippen molar-refractivity contribution in [3.8, 4) is 22.8 Å². The summed E-state index contributed by atoms with van der Waals surface area (Å²) < 4.78 is 10.6. The number of nitrogens with zero attached hydrogens (tertiary/aromatic N) is 2. The standard InChI is InChI=1S/C20H22N4O2/c1-25-19-8-3-15(11-20(19)26-2)9-10-21-13-23-17-6-4-16(5-7-17)18-12-22-14-24-18/h3-8,11-14H,9-10H2,1-2H3,(H,21,23)(H,22,24). The molecule has 0 saturated heterocycles. The minimum Gasteiger partial charge on any atom is -0.493 e. The first kappa shape index (κ1) is 17.5. The lowest BCUT2D eigenvalue weighted by Gasteiger charge is -2.08. The second-order valence-corrected chi connectivity index (χ2v) is 5.66. The molecule has 1 heterocycles. The van der Waals surface area contributed by atoms with E-state index in [0.717, 1.165) is 40.4 Å². The maximum atomic E-state index is 5.32. The minimum absolute atomic E-state index is 0.689. The van der Waals surface area contributed by atoms with Crippen molar-refractivity contribution < 1.29 is 9.47 Å². The fourth-order valence-corrected chi connectivity index (χ4v) is 2.57. The van der Waals surface area contributed by atoms with Gasteiger partial charge in [-0.05, 0) is 41.8 Å². The molecule has 0 spiro atoms. The third-order valence-corrected chi connectivity index (χ3v) is 3.99. The van der Waals surface area contributed by atoms with Crippen molar-refractivity contribution in [2.45, 2.75) is 6.42 Å². The van der Waals surface area contributed by atoms with Crippen LogP contribution in [0.1, 0.15) is 5.56 Å². The van der Waals surface area contributed by atoms with Gasteiger partial charge in [0.1, 0.15) is 0 Å². The number of aromatic nitrogens is 2. The normalized spacial score (nSPS) is 10.8. The molecule has 3 aromatic rings. The number of anilines is 1. The number of nitrogens with one attached hydrogen (secondary N) is 2. The molecule has 0 atom stereocenters. The molecule has 0 fully saturated rings. The highest BCUT2D eigenvalue weighted by molar-refractivity contribution is 5.76. The maximum Gasteiger partial charge on any atom is 0.160 e. The smallest absolute Gasteiger partial charge is 0.160 e. The van der Waals surface area contributed by atoms with E-state index in [2.05, 4.69) is 20.3 Å². The van der Waals surface area contributed by atoms with Crippen LogP contribution in [-0.2, 0) is 6.42 Å². The Kier molecular flexibility index (Phi) is 5.88. The average molecular weight is 350 g/mol. The number of benzene rings is 2. The zero-order chi connectivity index (χ0) is 18.2. The second kappa shape index (κ2) is 8.71. The van der Waals surface area contributed by atoms with Gasteiger partial charge in [0, 0.05) is 12.2 Å². The lowest BCUT2D eigenvalue weighted by Crippen LogP contribution is -1.98. The van der Waals surface area contributed by atoms with Crippen molar-refractivity contribution >= 4 is 12.0 Å². The van der Waals surface area contributed by atoms with Crippen molar-refractivity contribution in [3.63, 3.8) is 0 Å². The van der Waals surface area contributed by atoms with E-state index in [0.29, 0.717) is 6.54 Å². The van der Waals surface area contributed by atoms with E-state index in [-0.39, 0.29) is 0 Å². The van der Waals surface area contributed by atoms with Crippen molar-refractivity contribution in [1.82, 2.24) is 9.97 Å². The zero-order valence-corrected chi connectivity index (χ0v) is 14.9. The van der Waals surface area contributed by atoms with E-state index in [4.69, 9.17) is 9.47 Å². The lowest BCUT2D eigenvalue weighted by molar-refractivity contribution is 0.354. The lowest BCUT2D eigenvalue weighted by atomic mass is 10.1. The Balaban J connectivity index is 1.49. The van der Waals surface area contributed by atoms with Gasteiger partial charge in [-0.25, -0.2) is 4.98 Å². The molecule has 0 radical (unpaired) electrons. The van der Waals surface area contributed by atoms with Crippen molar-refractivity contribution in [3.05, 3.63) is 60.6 Å². The number of methoxy groups -OCH3 is 2. The predicted octanol–water partition coefficient (Wildman–Crippen LogP) is 3.78. The van der Waals surface area contributed by atoms with Gasteiger partial charge in [-0.2, -0.15) is 0 Å². The maximum absolute atomic E-state index is 5.32. The summed E-state index contributed by atoms with van der Waals surface area (Å²) in [5, 5.41) is 3.18.